The van der Waals surface area contributed by atoms with Gasteiger partial charge in [0.2, 0.25) is 0 Å². The third-order valence-corrected chi connectivity index (χ3v) is 4.45. The van der Waals surface area contributed by atoms with E-state index in [1.165, 1.54) is 6.42 Å². The van der Waals surface area contributed by atoms with E-state index in [0.29, 0.717) is 12.2 Å². The van der Waals surface area contributed by atoms with Gasteiger partial charge in [-0.2, -0.15) is 11.8 Å². The van der Waals surface area contributed by atoms with Crippen molar-refractivity contribution in [3.05, 3.63) is 11.3 Å². The standard InChI is InChI=1S/C11H16O2S/c1-11(2)6-7(12)9(10(11)13)8-4-3-5-14-8/h8,13H,3-6H2,1-2H3. The van der Waals surface area contributed by atoms with Crippen LogP contribution in [-0.4, -0.2) is 21.9 Å². The molecule has 1 fully saturated rings. The molecule has 3 heteroatoms. The van der Waals surface area contributed by atoms with Crippen LogP contribution in [0.2, 0.25) is 0 Å². The monoisotopic (exact) mass is 212 g/mol. The molecule has 0 aromatic carbocycles. The molecular formula is C11H16O2S. The zero-order valence-corrected chi connectivity index (χ0v) is 9.49. The molecule has 0 radical (unpaired) electrons. The first-order valence-electron chi connectivity index (χ1n) is 5.11. The van der Waals surface area contributed by atoms with Gasteiger partial charge in [0, 0.05) is 22.7 Å². The lowest BCUT2D eigenvalue weighted by Gasteiger charge is -2.16. The second-order valence-electron chi connectivity index (χ2n) is 4.75. The highest BCUT2D eigenvalue weighted by Gasteiger charge is 2.42. The van der Waals surface area contributed by atoms with Gasteiger partial charge in [-0.25, -0.2) is 0 Å². The maximum atomic E-state index is 11.8. The topological polar surface area (TPSA) is 37.3 Å². The van der Waals surface area contributed by atoms with E-state index >= 15 is 0 Å². The van der Waals surface area contributed by atoms with Crippen LogP contribution in [-0.2, 0) is 4.79 Å². The fourth-order valence-electron chi connectivity index (χ4n) is 2.21. The van der Waals surface area contributed by atoms with Crippen molar-refractivity contribution in [2.45, 2.75) is 38.4 Å². The molecule has 0 amide bonds. The second kappa shape index (κ2) is 3.30. The molecular weight excluding hydrogens is 196 g/mol. The van der Waals surface area contributed by atoms with Crippen LogP contribution in [0.5, 0.6) is 0 Å². The Hall–Kier alpha value is -0.440. The van der Waals surface area contributed by atoms with Crippen LogP contribution in [0.15, 0.2) is 11.3 Å². The molecule has 0 bridgehead atoms. The smallest absolute Gasteiger partial charge is 0.164 e. The van der Waals surface area contributed by atoms with Crippen molar-refractivity contribution in [1.29, 1.82) is 0 Å². The zero-order valence-electron chi connectivity index (χ0n) is 8.67. The van der Waals surface area contributed by atoms with Crippen molar-refractivity contribution in [3.8, 4) is 0 Å². The molecule has 78 valence electrons. The molecule has 14 heavy (non-hydrogen) atoms. The van der Waals surface area contributed by atoms with Crippen molar-refractivity contribution in [2.75, 3.05) is 5.75 Å². The number of aliphatic hydroxyl groups excluding tert-OH is 1. The van der Waals surface area contributed by atoms with Crippen LogP contribution in [0.3, 0.4) is 0 Å². The summed E-state index contributed by atoms with van der Waals surface area (Å²) in [5.74, 6) is 1.63. The average molecular weight is 212 g/mol. The van der Waals surface area contributed by atoms with Crippen molar-refractivity contribution in [1.82, 2.24) is 0 Å². The minimum atomic E-state index is -0.324. The Bertz CT molecular complexity index is 298. The molecule has 2 aliphatic rings. The Morgan fingerprint density at radius 2 is 2.21 bits per heavy atom. The SMILES string of the molecule is CC1(C)CC(=O)C(C2CCCS2)=C1O. The Kier molecular flexibility index (Phi) is 2.38. The summed E-state index contributed by atoms with van der Waals surface area (Å²) in [6, 6.07) is 0. The summed E-state index contributed by atoms with van der Waals surface area (Å²) in [5.41, 5.74) is 0.396. The van der Waals surface area contributed by atoms with Crippen LogP contribution in [0.4, 0.5) is 0 Å². The van der Waals surface area contributed by atoms with E-state index in [4.69, 9.17) is 0 Å². The molecule has 2 rings (SSSR count). The maximum Gasteiger partial charge on any atom is 0.164 e. The van der Waals surface area contributed by atoms with Gasteiger partial charge in [0.15, 0.2) is 5.78 Å². The van der Waals surface area contributed by atoms with E-state index in [0.717, 1.165) is 17.7 Å². The lowest BCUT2D eigenvalue weighted by molar-refractivity contribution is -0.115. The van der Waals surface area contributed by atoms with Crippen LogP contribution >= 0.6 is 11.8 Å². The Labute approximate surface area is 88.8 Å². The highest BCUT2D eigenvalue weighted by atomic mass is 32.2. The van der Waals surface area contributed by atoms with Crippen molar-refractivity contribution in [2.24, 2.45) is 5.41 Å². The van der Waals surface area contributed by atoms with Crippen LogP contribution < -0.4 is 0 Å². The van der Waals surface area contributed by atoms with Crippen LogP contribution in [0.25, 0.3) is 0 Å². The van der Waals surface area contributed by atoms with Gasteiger partial charge in [-0.05, 0) is 18.6 Å². The lowest BCUT2D eigenvalue weighted by atomic mass is 9.91. The van der Waals surface area contributed by atoms with E-state index in [2.05, 4.69) is 0 Å². The van der Waals surface area contributed by atoms with E-state index in [1.54, 1.807) is 0 Å². The normalized spacial score (nSPS) is 31.6. The van der Waals surface area contributed by atoms with Crippen LogP contribution in [0, 0.1) is 5.41 Å². The second-order valence-corrected chi connectivity index (χ2v) is 6.06. The predicted molar refractivity (Wildman–Crippen MR) is 58.5 cm³/mol. The number of ketones is 1. The minimum Gasteiger partial charge on any atom is -0.511 e. The van der Waals surface area contributed by atoms with Gasteiger partial charge in [-0.1, -0.05) is 13.8 Å². The first-order chi connectivity index (χ1) is 6.52. The highest BCUT2D eigenvalue weighted by molar-refractivity contribution is 8.00. The molecule has 1 aliphatic heterocycles. The quantitative estimate of drug-likeness (QED) is 0.726. The van der Waals surface area contributed by atoms with Crippen molar-refractivity contribution in [3.63, 3.8) is 0 Å². The summed E-state index contributed by atoms with van der Waals surface area (Å²) in [7, 11) is 0. The van der Waals surface area contributed by atoms with Gasteiger partial charge in [-0.3, -0.25) is 4.79 Å². The van der Waals surface area contributed by atoms with Crippen LogP contribution in [0.1, 0.15) is 33.1 Å². The first-order valence-corrected chi connectivity index (χ1v) is 6.15. The lowest BCUT2D eigenvalue weighted by Crippen LogP contribution is -2.10. The fraction of sp³-hybridized carbons (Fsp3) is 0.727. The number of rotatable bonds is 1. The van der Waals surface area contributed by atoms with E-state index in [9.17, 15) is 9.90 Å². The zero-order chi connectivity index (χ0) is 10.3. The van der Waals surface area contributed by atoms with Gasteiger partial charge < -0.3 is 5.11 Å². The Morgan fingerprint density at radius 3 is 2.64 bits per heavy atom. The Morgan fingerprint density at radius 1 is 1.50 bits per heavy atom. The molecule has 1 unspecified atom stereocenters. The van der Waals surface area contributed by atoms with E-state index in [-0.39, 0.29) is 16.4 Å². The third-order valence-electron chi connectivity index (χ3n) is 3.05. The molecule has 0 spiro atoms. The number of aliphatic hydroxyl groups is 1. The predicted octanol–water partition coefficient (Wildman–Crippen LogP) is 2.69. The van der Waals surface area contributed by atoms with Crippen molar-refractivity contribution < 1.29 is 9.90 Å². The van der Waals surface area contributed by atoms with Gasteiger partial charge in [-0.15, -0.1) is 0 Å². The summed E-state index contributed by atoms with van der Waals surface area (Å²) in [6.07, 6.45) is 2.69. The maximum absolute atomic E-state index is 11.8. The number of allylic oxidation sites excluding steroid dienone is 1. The third kappa shape index (κ3) is 1.48. The number of hydrogen-bond donors (Lipinski definition) is 1. The molecule has 1 heterocycles. The number of thioether (sulfide) groups is 1. The number of carbonyl (C=O) groups excluding carboxylic acids is 1. The Balaban J connectivity index is 2.31. The van der Waals surface area contributed by atoms with E-state index < -0.39 is 0 Å². The fourth-order valence-corrected chi connectivity index (χ4v) is 3.58. The van der Waals surface area contributed by atoms with E-state index in [1.807, 2.05) is 25.6 Å². The summed E-state index contributed by atoms with van der Waals surface area (Å²) in [4.78, 5) is 11.8. The van der Waals surface area contributed by atoms with Gasteiger partial charge >= 0.3 is 0 Å². The molecule has 0 aromatic heterocycles. The molecule has 0 aromatic rings. The number of carbonyl (C=O) groups is 1. The highest BCUT2D eigenvalue weighted by Crippen LogP contribution is 2.44. The molecule has 0 saturated carbocycles. The number of Topliss-reactive ketones (excluding diaryl/α,β-unsaturated/α-hetero) is 1. The summed E-state index contributed by atoms with van der Waals surface area (Å²) in [6.45, 7) is 3.87. The van der Waals surface area contributed by atoms with Gasteiger partial charge in [0.25, 0.3) is 0 Å². The van der Waals surface area contributed by atoms with Gasteiger partial charge in [0.1, 0.15) is 5.76 Å². The minimum absolute atomic E-state index is 0.159. The van der Waals surface area contributed by atoms with Crippen molar-refractivity contribution >= 4 is 17.5 Å². The first kappa shape index (κ1) is 10.1. The molecule has 1 saturated heterocycles. The molecule has 1 N–H and O–H groups in total. The molecule has 1 aliphatic carbocycles. The number of hydrogen-bond acceptors (Lipinski definition) is 3. The summed E-state index contributed by atoms with van der Waals surface area (Å²) in [5, 5.41) is 10.3. The molecule has 1 atom stereocenters. The average Bonchev–Trinajstić information content (AvgIpc) is 2.61. The summed E-state index contributed by atoms with van der Waals surface area (Å²) < 4.78 is 0. The largest absolute Gasteiger partial charge is 0.511 e. The molecule has 2 nitrogen and oxygen atoms in total. The van der Waals surface area contributed by atoms with Gasteiger partial charge in [0.05, 0.1) is 0 Å². The summed E-state index contributed by atoms with van der Waals surface area (Å²) >= 11 is 1.81.